The van der Waals surface area contributed by atoms with Gasteiger partial charge < -0.3 is 9.16 Å². The maximum atomic E-state index is 7.33. The van der Waals surface area contributed by atoms with Crippen LogP contribution in [0.3, 0.4) is 0 Å². The molecule has 0 amide bonds. The van der Waals surface area contributed by atoms with Gasteiger partial charge in [0.1, 0.15) is 0 Å². The lowest BCUT2D eigenvalue weighted by Gasteiger charge is -2.53. The highest BCUT2D eigenvalue weighted by atomic mass is 28.4. The molecule has 3 heteroatoms. The van der Waals surface area contributed by atoms with Crippen LogP contribution >= 0.6 is 0 Å². The van der Waals surface area contributed by atoms with E-state index >= 15 is 0 Å². The van der Waals surface area contributed by atoms with Crippen LogP contribution in [0.5, 0.6) is 0 Å². The summed E-state index contributed by atoms with van der Waals surface area (Å²) in [4.78, 5) is 0. The minimum atomic E-state index is -2.77. The predicted molar refractivity (Wildman–Crippen MR) is 140 cm³/mol. The second-order valence-corrected chi connectivity index (χ2v) is 15.6. The molecule has 0 radical (unpaired) electrons. The van der Waals surface area contributed by atoms with Crippen LogP contribution in [0.25, 0.3) is 0 Å². The molecule has 2 atom stereocenters. The lowest BCUT2D eigenvalue weighted by Crippen LogP contribution is -2.78. The Morgan fingerprint density at radius 1 is 0.656 bits per heavy atom. The van der Waals surface area contributed by atoms with Gasteiger partial charge in [-0.2, -0.15) is 0 Å². The molecule has 1 heterocycles. The van der Waals surface area contributed by atoms with Crippen LogP contribution in [0, 0.1) is 52.4 Å². The number of aryl methyl sites for hydroxylation is 6. The Bertz CT molecular complexity index is 903. The summed E-state index contributed by atoms with van der Waals surface area (Å²) in [6.07, 6.45) is 0.0736. The van der Waals surface area contributed by atoms with Crippen molar-refractivity contribution >= 4 is 18.7 Å². The van der Waals surface area contributed by atoms with Gasteiger partial charge in [-0.1, -0.05) is 76.9 Å². The first kappa shape index (κ1) is 25.2. The van der Waals surface area contributed by atoms with Crippen LogP contribution < -0.4 is 10.4 Å². The highest BCUT2D eigenvalue weighted by Gasteiger charge is 2.59. The molecule has 32 heavy (non-hydrogen) atoms. The number of benzene rings is 2. The van der Waals surface area contributed by atoms with Crippen molar-refractivity contribution in [3.63, 3.8) is 0 Å². The van der Waals surface area contributed by atoms with Crippen molar-refractivity contribution in [1.82, 2.24) is 0 Å². The molecular formula is C29H44O2Si. The van der Waals surface area contributed by atoms with E-state index in [1.165, 1.54) is 43.8 Å². The molecule has 1 fully saturated rings. The third-order valence-corrected chi connectivity index (χ3v) is 12.4. The Morgan fingerprint density at radius 3 is 1.34 bits per heavy atom. The molecule has 2 aromatic rings. The number of hydrogen-bond acceptors (Lipinski definition) is 2. The van der Waals surface area contributed by atoms with Crippen LogP contribution in [0.4, 0.5) is 0 Å². The molecule has 1 saturated heterocycles. The zero-order valence-corrected chi connectivity index (χ0v) is 23.5. The van der Waals surface area contributed by atoms with Crippen LogP contribution in [0.2, 0.25) is 0 Å². The molecule has 0 spiro atoms. The average Bonchev–Trinajstić information content (AvgIpc) is 2.58. The van der Waals surface area contributed by atoms with Crippen LogP contribution in [0.1, 0.15) is 74.9 Å². The molecule has 0 unspecified atom stereocenters. The van der Waals surface area contributed by atoms with E-state index in [9.17, 15) is 0 Å². The first-order valence-corrected chi connectivity index (χ1v) is 14.0. The number of hydrogen-bond donors (Lipinski definition) is 0. The lowest BCUT2D eigenvalue weighted by molar-refractivity contribution is -0.122. The Labute approximate surface area is 197 Å². The van der Waals surface area contributed by atoms with E-state index in [2.05, 4.69) is 107 Å². The highest BCUT2D eigenvalue weighted by Crippen LogP contribution is 2.40. The monoisotopic (exact) mass is 452 g/mol. The highest BCUT2D eigenvalue weighted by molar-refractivity contribution is 6.99. The van der Waals surface area contributed by atoms with Gasteiger partial charge in [0.05, 0.1) is 18.4 Å². The average molecular weight is 453 g/mol. The number of rotatable bonds is 2. The number of ether oxygens (including phenoxy) is 1. The zero-order valence-electron chi connectivity index (χ0n) is 22.5. The van der Waals surface area contributed by atoms with Gasteiger partial charge in [0, 0.05) is 0 Å². The first-order valence-electron chi connectivity index (χ1n) is 12.0. The van der Waals surface area contributed by atoms with Gasteiger partial charge in [-0.25, -0.2) is 0 Å². The third-order valence-electron chi connectivity index (χ3n) is 6.98. The summed E-state index contributed by atoms with van der Waals surface area (Å²) in [7, 11) is -2.77. The SMILES string of the molecule is Cc1cc(C)c([Si]2(c3c(C)cc(C)cc3C)OC[C@@H](C(C)(C)C)O[C@H]2C(C)(C)C)c(C)c1. The largest absolute Gasteiger partial charge is 0.403 e. The quantitative estimate of drug-likeness (QED) is 0.519. The topological polar surface area (TPSA) is 18.5 Å². The van der Waals surface area contributed by atoms with Gasteiger partial charge >= 0.3 is 0 Å². The molecule has 1 aliphatic rings. The Morgan fingerprint density at radius 2 is 1.03 bits per heavy atom. The molecule has 3 rings (SSSR count). The second-order valence-electron chi connectivity index (χ2n) is 12.3. The maximum Gasteiger partial charge on any atom is 0.286 e. The molecule has 0 aliphatic carbocycles. The molecule has 0 bridgehead atoms. The fourth-order valence-electron chi connectivity index (χ4n) is 5.91. The smallest absolute Gasteiger partial charge is 0.286 e. The van der Waals surface area contributed by atoms with Crippen molar-refractivity contribution in [1.29, 1.82) is 0 Å². The standard InChI is InChI=1S/C29H44O2Si/c1-18-13-20(3)25(21(4)14-18)32(26-22(5)15-19(2)16-23(26)6)27(29(10,11)12)31-24(17-30-32)28(7,8)9/h13-16,24,27H,17H2,1-12H3/t24-,27+/m0/s1. The van der Waals surface area contributed by atoms with Crippen molar-refractivity contribution in [2.45, 2.75) is 94.9 Å². The summed E-state index contributed by atoms with van der Waals surface area (Å²) in [6.45, 7) is 27.9. The summed E-state index contributed by atoms with van der Waals surface area (Å²) in [5, 5.41) is 2.82. The normalized spacial score (nSPS) is 21.6. The lowest BCUT2D eigenvalue weighted by atomic mass is 9.89. The molecule has 0 N–H and O–H groups in total. The van der Waals surface area contributed by atoms with E-state index < -0.39 is 8.32 Å². The fourth-order valence-corrected chi connectivity index (χ4v) is 11.7. The van der Waals surface area contributed by atoms with E-state index in [-0.39, 0.29) is 22.7 Å². The molecule has 1 aliphatic heterocycles. The van der Waals surface area contributed by atoms with Crippen molar-refractivity contribution in [3.05, 3.63) is 57.6 Å². The minimum absolute atomic E-state index is 0.00758. The summed E-state index contributed by atoms with van der Waals surface area (Å²) in [5.74, 6) is 0. The fraction of sp³-hybridized carbons (Fsp3) is 0.586. The van der Waals surface area contributed by atoms with Crippen molar-refractivity contribution < 1.29 is 9.16 Å². The van der Waals surface area contributed by atoms with Gasteiger partial charge in [0.15, 0.2) is 0 Å². The summed E-state index contributed by atoms with van der Waals surface area (Å²) in [5.41, 5.74) is 7.92. The summed E-state index contributed by atoms with van der Waals surface area (Å²) < 4.78 is 14.5. The molecule has 2 aromatic carbocycles. The molecule has 0 saturated carbocycles. The summed E-state index contributed by atoms with van der Waals surface area (Å²) >= 11 is 0. The van der Waals surface area contributed by atoms with Gasteiger partial charge in [-0.15, -0.1) is 0 Å². The van der Waals surface area contributed by atoms with Crippen LogP contribution in [-0.2, 0) is 9.16 Å². The van der Waals surface area contributed by atoms with E-state index in [0.717, 1.165) is 0 Å². The predicted octanol–water partition coefficient (Wildman–Crippen LogP) is 6.01. The molecule has 176 valence electrons. The molecular weight excluding hydrogens is 408 g/mol. The van der Waals surface area contributed by atoms with Crippen molar-refractivity contribution in [3.8, 4) is 0 Å². The van der Waals surface area contributed by atoms with Crippen LogP contribution in [0.15, 0.2) is 24.3 Å². The van der Waals surface area contributed by atoms with E-state index in [4.69, 9.17) is 9.16 Å². The first-order chi connectivity index (χ1) is 14.6. The molecule has 2 nitrogen and oxygen atoms in total. The van der Waals surface area contributed by atoms with Crippen molar-refractivity contribution in [2.24, 2.45) is 10.8 Å². The van der Waals surface area contributed by atoms with Crippen molar-refractivity contribution in [2.75, 3.05) is 6.61 Å². The van der Waals surface area contributed by atoms with Gasteiger partial charge in [-0.05, 0) is 85.0 Å². The Balaban J connectivity index is 2.44. The second kappa shape index (κ2) is 8.41. The van der Waals surface area contributed by atoms with Gasteiger partial charge in [0.2, 0.25) is 0 Å². The third kappa shape index (κ3) is 4.36. The van der Waals surface area contributed by atoms with Crippen LogP contribution in [-0.4, -0.2) is 26.8 Å². The van der Waals surface area contributed by atoms with E-state index in [0.29, 0.717) is 6.61 Å². The van der Waals surface area contributed by atoms with Gasteiger partial charge in [-0.3, -0.25) is 0 Å². The summed E-state index contributed by atoms with van der Waals surface area (Å²) in [6, 6.07) is 9.31. The van der Waals surface area contributed by atoms with E-state index in [1.807, 2.05) is 0 Å². The Hall–Kier alpha value is -1.42. The Kier molecular flexibility index (Phi) is 6.63. The van der Waals surface area contributed by atoms with E-state index in [1.54, 1.807) is 0 Å². The van der Waals surface area contributed by atoms with Gasteiger partial charge in [0.25, 0.3) is 8.32 Å². The maximum absolute atomic E-state index is 7.33. The molecule has 0 aromatic heterocycles. The zero-order chi connectivity index (χ0) is 24.2. The minimum Gasteiger partial charge on any atom is -0.403 e.